The van der Waals surface area contributed by atoms with E-state index in [2.05, 4.69) is 9.82 Å². The number of nitrogens with one attached hydrogen (secondary N) is 1. The van der Waals surface area contributed by atoms with Crippen molar-refractivity contribution in [3.8, 4) is 0 Å². The summed E-state index contributed by atoms with van der Waals surface area (Å²) in [5, 5.41) is 4.37. The average molecular weight is 506 g/mol. The second-order valence-electron chi connectivity index (χ2n) is 7.60. The first-order valence-corrected chi connectivity index (χ1v) is 13.4. The van der Waals surface area contributed by atoms with Gasteiger partial charge in [0, 0.05) is 12.0 Å². The predicted octanol–water partition coefficient (Wildman–Crippen LogP) is 4.27. The van der Waals surface area contributed by atoms with Crippen LogP contribution in [0.5, 0.6) is 0 Å². The predicted molar refractivity (Wildman–Crippen MR) is 125 cm³/mol. The Kier molecular flexibility index (Phi) is 6.41. The molecule has 0 radical (unpaired) electrons. The Balaban J connectivity index is 1.82. The first kappa shape index (κ1) is 23.8. The molecule has 34 heavy (non-hydrogen) atoms. The Hall–Kier alpha value is -3.31. The maximum Gasteiger partial charge on any atom is 0.279 e. The summed E-state index contributed by atoms with van der Waals surface area (Å²) in [6.45, 7) is 1.50. The minimum absolute atomic E-state index is 0.108. The lowest BCUT2D eigenvalue weighted by atomic mass is 9.98. The molecule has 0 saturated heterocycles. The van der Waals surface area contributed by atoms with E-state index in [1.807, 2.05) is 0 Å². The molecule has 1 atom stereocenters. The van der Waals surface area contributed by atoms with Crippen LogP contribution in [0.15, 0.2) is 82.8 Å². The molecule has 0 amide bonds. The summed E-state index contributed by atoms with van der Waals surface area (Å²) in [6, 6.07) is 15.5. The molecule has 4 rings (SSSR count). The van der Waals surface area contributed by atoms with Crippen molar-refractivity contribution >= 4 is 31.4 Å². The Morgan fingerprint density at radius 2 is 1.50 bits per heavy atom. The maximum atomic E-state index is 13.5. The molecule has 1 aliphatic rings. The van der Waals surface area contributed by atoms with Crippen LogP contribution in [-0.4, -0.2) is 32.7 Å². The number of halogens is 2. The van der Waals surface area contributed by atoms with Gasteiger partial charge in [-0.15, -0.1) is 0 Å². The van der Waals surface area contributed by atoms with E-state index in [1.165, 1.54) is 31.2 Å². The standard InChI is InChI=1S/C23H21F2N3O4S2/c1-2-33(29,30)27-21-6-4-3-5-20(21)22-15-23(16-7-9-17(24)10-8-16)28(26-22)34(31,32)19-13-11-18(25)12-14-19/h3-14,23,27H,2,15H2,1H3/t23-/m1/s1. The molecule has 3 aromatic rings. The smallest absolute Gasteiger partial charge is 0.279 e. The fourth-order valence-corrected chi connectivity index (χ4v) is 5.67. The molecule has 11 heteroatoms. The third-order valence-electron chi connectivity index (χ3n) is 5.37. The van der Waals surface area contributed by atoms with Gasteiger partial charge in [0.1, 0.15) is 11.6 Å². The average Bonchev–Trinajstić information content (AvgIpc) is 3.26. The minimum atomic E-state index is -4.21. The van der Waals surface area contributed by atoms with E-state index in [1.54, 1.807) is 24.3 Å². The van der Waals surface area contributed by atoms with Crippen molar-refractivity contribution in [1.82, 2.24) is 4.41 Å². The monoisotopic (exact) mass is 505 g/mol. The second kappa shape index (κ2) is 9.15. The van der Waals surface area contributed by atoms with Crippen LogP contribution in [-0.2, 0) is 20.0 Å². The van der Waals surface area contributed by atoms with Crippen molar-refractivity contribution in [1.29, 1.82) is 0 Å². The largest absolute Gasteiger partial charge is 0.283 e. The van der Waals surface area contributed by atoms with Gasteiger partial charge in [-0.1, -0.05) is 30.3 Å². The van der Waals surface area contributed by atoms with Gasteiger partial charge in [0.05, 0.1) is 28.1 Å². The van der Waals surface area contributed by atoms with Crippen molar-refractivity contribution in [2.45, 2.75) is 24.3 Å². The van der Waals surface area contributed by atoms with Crippen LogP contribution in [0, 0.1) is 11.6 Å². The highest BCUT2D eigenvalue weighted by Gasteiger charge is 2.38. The highest BCUT2D eigenvalue weighted by atomic mass is 32.2. The van der Waals surface area contributed by atoms with Crippen molar-refractivity contribution in [2.75, 3.05) is 10.5 Å². The molecule has 178 valence electrons. The zero-order valence-electron chi connectivity index (χ0n) is 18.0. The summed E-state index contributed by atoms with van der Waals surface area (Å²) in [5.41, 5.74) is 1.51. The van der Waals surface area contributed by atoms with Crippen LogP contribution in [0.2, 0.25) is 0 Å². The lowest BCUT2D eigenvalue weighted by Gasteiger charge is -2.23. The normalized spacial score (nSPS) is 16.4. The lowest BCUT2D eigenvalue weighted by Crippen LogP contribution is -2.27. The third kappa shape index (κ3) is 4.80. The van der Waals surface area contributed by atoms with Crippen molar-refractivity contribution in [3.05, 3.63) is 95.6 Å². The van der Waals surface area contributed by atoms with Crippen LogP contribution in [0.4, 0.5) is 14.5 Å². The third-order valence-corrected chi connectivity index (χ3v) is 8.36. The van der Waals surface area contributed by atoms with Crippen LogP contribution in [0.3, 0.4) is 0 Å². The highest BCUT2D eigenvalue weighted by molar-refractivity contribution is 7.92. The Morgan fingerprint density at radius 1 is 0.912 bits per heavy atom. The number of sulfonamides is 2. The Morgan fingerprint density at radius 3 is 2.12 bits per heavy atom. The number of rotatable bonds is 7. The quantitative estimate of drug-likeness (QED) is 0.519. The number of hydrogen-bond donors (Lipinski definition) is 1. The molecule has 0 bridgehead atoms. The molecule has 0 saturated carbocycles. The van der Waals surface area contributed by atoms with Gasteiger partial charge < -0.3 is 0 Å². The summed E-state index contributed by atoms with van der Waals surface area (Å²) >= 11 is 0. The van der Waals surface area contributed by atoms with Gasteiger partial charge in [-0.3, -0.25) is 4.72 Å². The fourth-order valence-electron chi connectivity index (χ4n) is 3.58. The summed E-state index contributed by atoms with van der Waals surface area (Å²) < 4.78 is 81.6. The van der Waals surface area contributed by atoms with E-state index < -0.39 is 37.7 Å². The molecule has 7 nitrogen and oxygen atoms in total. The number of hydrogen-bond acceptors (Lipinski definition) is 5. The number of benzene rings is 3. The van der Waals surface area contributed by atoms with E-state index >= 15 is 0 Å². The first-order chi connectivity index (χ1) is 16.1. The van der Waals surface area contributed by atoms with Crippen LogP contribution < -0.4 is 4.72 Å². The minimum Gasteiger partial charge on any atom is -0.283 e. The van der Waals surface area contributed by atoms with Crippen LogP contribution >= 0.6 is 0 Å². The molecule has 0 aliphatic carbocycles. The van der Waals surface area contributed by atoms with E-state index in [4.69, 9.17) is 0 Å². The molecule has 0 fully saturated rings. The SMILES string of the molecule is CCS(=O)(=O)Nc1ccccc1C1=NN(S(=O)(=O)c2ccc(F)cc2)[C@@H](c2ccc(F)cc2)C1. The van der Waals surface area contributed by atoms with E-state index in [0.717, 1.165) is 28.7 Å². The van der Waals surface area contributed by atoms with Crippen LogP contribution in [0.1, 0.15) is 30.5 Å². The molecule has 0 spiro atoms. The molecular formula is C23H21F2N3O4S2. The second-order valence-corrected chi connectivity index (χ2v) is 11.4. The van der Waals surface area contributed by atoms with E-state index in [9.17, 15) is 25.6 Å². The zero-order chi connectivity index (χ0) is 24.5. The van der Waals surface area contributed by atoms with Gasteiger partial charge in [0.25, 0.3) is 10.0 Å². The molecule has 3 aromatic carbocycles. The van der Waals surface area contributed by atoms with Gasteiger partial charge >= 0.3 is 0 Å². The Labute approximate surface area is 196 Å². The first-order valence-electron chi connectivity index (χ1n) is 10.3. The van der Waals surface area contributed by atoms with Gasteiger partial charge in [-0.2, -0.15) is 17.9 Å². The summed E-state index contributed by atoms with van der Waals surface area (Å²) in [7, 11) is -7.81. The van der Waals surface area contributed by atoms with E-state index in [-0.39, 0.29) is 22.8 Å². The number of hydrazone groups is 1. The molecule has 0 unspecified atom stereocenters. The lowest BCUT2D eigenvalue weighted by molar-refractivity contribution is 0.371. The molecule has 1 aliphatic heterocycles. The topological polar surface area (TPSA) is 95.9 Å². The zero-order valence-corrected chi connectivity index (χ0v) is 19.7. The number of anilines is 1. The van der Waals surface area contributed by atoms with Gasteiger partial charge in [-0.05, 0) is 55.0 Å². The van der Waals surface area contributed by atoms with Gasteiger partial charge in [0.15, 0.2) is 0 Å². The highest BCUT2D eigenvalue weighted by Crippen LogP contribution is 2.38. The van der Waals surface area contributed by atoms with Crippen LogP contribution in [0.25, 0.3) is 0 Å². The van der Waals surface area contributed by atoms with E-state index in [0.29, 0.717) is 16.8 Å². The number of para-hydroxylation sites is 1. The maximum absolute atomic E-state index is 13.5. The molecule has 1 N–H and O–H groups in total. The molecule has 0 aromatic heterocycles. The Bertz CT molecular complexity index is 1440. The molecular weight excluding hydrogens is 484 g/mol. The van der Waals surface area contributed by atoms with Gasteiger partial charge in [-0.25, -0.2) is 17.2 Å². The van der Waals surface area contributed by atoms with Crippen molar-refractivity contribution in [3.63, 3.8) is 0 Å². The summed E-state index contributed by atoms with van der Waals surface area (Å²) in [4.78, 5) is -0.161. The molecule has 1 heterocycles. The summed E-state index contributed by atoms with van der Waals surface area (Å²) in [5.74, 6) is -1.20. The van der Waals surface area contributed by atoms with Crippen molar-refractivity contribution in [2.24, 2.45) is 5.10 Å². The number of nitrogens with zero attached hydrogens (tertiary/aromatic N) is 2. The van der Waals surface area contributed by atoms with Crippen molar-refractivity contribution < 1.29 is 25.6 Å². The van der Waals surface area contributed by atoms with Gasteiger partial charge in [0.2, 0.25) is 10.0 Å². The summed E-state index contributed by atoms with van der Waals surface area (Å²) in [6.07, 6.45) is 0.108. The fraction of sp³-hybridized carbons (Fsp3) is 0.174.